The lowest BCUT2D eigenvalue weighted by Gasteiger charge is -2.15. The predicted molar refractivity (Wildman–Crippen MR) is 74.3 cm³/mol. The molecule has 2 rings (SSSR count). The average Bonchev–Trinajstić information content (AvgIpc) is 2.76. The smallest absolute Gasteiger partial charge is 0.153 e. The average molecular weight is 327 g/mol. The van der Waals surface area contributed by atoms with Crippen LogP contribution in [0.4, 0.5) is 0 Å². The van der Waals surface area contributed by atoms with E-state index in [0.717, 1.165) is 11.3 Å². The van der Waals surface area contributed by atoms with Gasteiger partial charge >= 0.3 is 0 Å². The highest BCUT2D eigenvalue weighted by Crippen LogP contribution is 2.30. The maximum Gasteiger partial charge on any atom is 0.153 e. The van der Waals surface area contributed by atoms with Gasteiger partial charge in [-0.25, -0.2) is 4.68 Å². The van der Waals surface area contributed by atoms with Crippen molar-refractivity contribution < 1.29 is 9.47 Å². The van der Waals surface area contributed by atoms with E-state index in [-0.39, 0.29) is 6.04 Å². The van der Waals surface area contributed by atoms with Crippen LogP contribution in [0.25, 0.3) is 0 Å². The largest absolute Gasteiger partial charge is 0.497 e. The van der Waals surface area contributed by atoms with Gasteiger partial charge in [-0.2, -0.15) is 0 Å². The standard InChI is InChI=1S/C12H15BrN4O2/c1-17-11(12(13)15-16-17)10(14)7-4-8(18-2)6-9(5-7)19-3/h4-6,10H,14H2,1-3H3. The summed E-state index contributed by atoms with van der Waals surface area (Å²) in [5, 5.41) is 7.86. The second-order valence-electron chi connectivity index (χ2n) is 4.01. The Labute approximate surface area is 119 Å². The predicted octanol–water partition coefficient (Wildman–Crippen LogP) is 1.64. The molecule has 1 aromatic heterocycles. The minimum atomic E-state index is -0.377. The van der Waals surface area contributed by atoms with Crippen LogP contribution in [-0.2, 0) is 7.05 Å². The Bertz CT molecular complexity index is 543. The topological polar surface area (TPSA) is 75.2 Å². The van der Waals surface area contributed by atoms with Gasteiger partial charge in [0.1, 0.15) is 11.5 Å². The van der Waals surface area contributed by atoms with Crippen LogP contribution in [0.2, 0.25) is 0 Å². The molecule has 7 heteroatoms. The summed E-state index contributed by atoms with van der Waals surface area (Å²) in [5.41, 5.74) is 7.92. The summed E-state index contributed by atoms with van der Waals surface area (Å²) in [7, 11) is 5.00. The Morgan fingerprint density at radius 3 is 2.21 bits per heavy atom. The van der Waals surface area contributed by atoms with E-state index in [2.05, 4.69) is 26.2 Å². The molecule has 0 spiro atoms. The second-order valence-corrected chi connectivity index (χ2v) is 4.76. The van der Waals surface area contributed by atoms with Crippen molar-refractivity contribution in [1.82, 2.24) is 15.0 Å². The van der Waals surface area contributed by atoms with Crippen LogP contribution in [-0.4, -0.2) is 29.2 Å². The van der Waals surface area contributed by atoms with E-state index in [9.17, 15) is 0 Å². The van der Waals surface area contributed by atoms with E-state index >= 15 is 0 Å². The molecule has 1 atom stereocenters. The fourth-order valence-corrected chi connectivity index (χ4v) is 2.41. The zero-order valence-corrected chi connectivity index (χ0v) is 12.5. The first-order chi connectivity index (χ1) is 9.06. The van der Waals surface area contributed by atoms with Crippen molar-refractivity contribution in [2.45, 2.75) is 6.04 Å². The Kier molecular flexibility index (Phi) is 4.06. The molecule has 1 heterocycles. The SMILES string of the molecule is COc1cc(OC)cc(C(N)c2c(Br)nnn2C)c1. The third-order valence-corrected chi connectivity index (χ3v) is 3.42. The molecule has 1 unspecified atom stereocenters. The Balaban J connectivity index is 2.46. The number of benzene rings is 1. The Morgan fingerprint density at radius 1 is 1.21 bits per heavy atom. The molecule has 0 amide bonds. The van der Waals surface area contributed by atoms with E-state index in [1.165, 1.54) is 0 Å². The van der Waals surface area contributed by atoms with Crippen LogP contribution in [0.15, 0.2) is 22.8 Å². The molecule has 0 radical (unpaired) electrons. The molecule has 2 N–H and O–H groups in total. The summed E-state index contributed by atoms with van der Waals surface area (Å²) >= 11 is 3.35. The number of aromatic nitrogens is 3. The second kappa shape index (κ2) is 5.58. The van der Waals surface area contributed by atoms with E-state index in [1.54, 1.807) is 32.0 Å². The fraction of sp³-hybridized carbons (Fsp3) is 0.333. The van der Waals surface area contributed by atoms with Crippen LogP contribution >= 0.6 is 15.9 Å². The number of aryl methyl sites for hydroxylation is 1. The maximum atomic E-state index is 6.27. The molecule has 0 aliphatic rings. The Morgan fingerprint density at radius 2 is 1.79 bits per heavy atom. The van der Waals surface area contributed by atoms with Crippen molar-refractivity contribution in [2.75, 3.05) is 14.2 Å². The molecule has 6 nitrogen and oxygen atoms in total. The molecule has 102 valence electrons. The molecule has 0 fully saturated rings. The number of ether oxygens (including phenoxy) is 2. The summed E-state index contributed by atoms with van der Waals surface area (Å²) < 4.78 is 12.7. The van der Waals surface area contributed by atoms with Gasteiger partial charge in [0.15, 0.2) is 4.60 Å². The summed E-state index contributed by atoms with van der Waals surface area (Å²) in [6, 6.07) is 5.16. The molecule has 19 heavy (non-hydrogen) atoms. The van der Waals surface area contributed by atoms with Crippen molar-refractivity contribution in [2.24, 2.45) is 12.8 Å². The van der Waals surface area contributed by atoms with Gasteiger partial charge in [0.25, 0.3) is 0 Å². The minimum Gasteiger partial charge on any atom is -0.497 e. The summed E-state index contributed by atoms with van der Waals surface area (Å²) in [6.07, 6.45) is 0. The molecular weight excluding hydrogens is 312 g/mol. The fourth-order valence-electron chi connectivity index (χ4n) is 1.84. The van der Waals surface area contributed by atoms with Crippen LogP contribution in [0, 0.1) is 0 Å². The first-order valence-corrected chi connectivity index (χ1v) is 6.39. The molecule has 0 aliphatic heterocycles. The van der Waals surface area contributed by atoms with E-state index < -0.39 is 0 Å². The van der Waals surface area contributed by atoms with E-state index in [1.807, 2.05) is 12.1 Å². The van der Waals surface area contributed by atoms with Crippen LogP contribution in [0.5, 0.6) is 11.5 Å². The van der Waals surface area contributed by atoms with Crippen LogP contribution in [0.1, 0.15) is 17.3 Å². The van der Waals surface area contributed by atoms with E-state index in [4.69, 9.17) is 15.2 Å². The summed E-state index contributed by atoms with van der Waals surface area (Å²) in [4.78, 5) is 0. The Hall–Kier alpha value is -1.60. The molecule has 0 saturated carbocycles. The van der Waals surface area contributed by atoms with Crippen molar-refractivity contribution >= 4 is 15.9 Å². The number of halogens is 1. The van der Waals surface area contributed by atoms with Gasteiger partial charge in [-0.3, -0.25) is 0 Å². The highest BCUT2D eigenvalue weighted by Gasteiger charge is 2.19. The van der Waals surface area contributed by atoms with E-state index in [0.29, 0.717) is 16.1 Å². The monoisotopic (exact) mass is 326 g/mol. The zero-order chi connectivity index (χ0) is 14.0. The van der Waals surface area contributed by atoms with Crippen molar-refractivity contribution in [3.63, 3.8) is 0 Å². The number of hydrogen-bond acceptors (Lipinski definition) is 5. The third kappa shape index (κ3) is 2.71. The molecule has 0 saturated heterocycles. The van der Waals surface area contributed by atoms with Crippen molar-refractivity contribution in [3.8, 4) is 11.5 Å². The number of hydrogen-bond donors (Lipinski definition) is 1. The number of nitrogens with two attached hydrogens (primary N) is 1. The van der Waals surface area contributed by atoms with Gasteiger partial charge in [0, 0.05) is 13.1 Å². The lowest BCUT2D eigenvalue weighted by atomic mass is 10.0. The van der Waals surface area contributed by atoms with Crippen LogP contribution in [0.3, 0.4) is 0 Å². The zero-order valence-electron chi connectivity index (χ0n) is 10.9. The van der Waals surface area contributed by atoms with Crippen molar-refractivity contribution in [1.29, 1.82) is 0 Å². The lowest BCUT2D eigenvalue weighted by Crippen LogP contribution is -2.16. The van der Waals surface area contributed by atoms with Gasteiger partial charge in [0.05, 0.1) is 26.0 Å². The van der Waals surface area contributed by atoms with Gasteiger partial charge in [0.2, 0.25) is 0 Å². The molecule has 0 aliphatic carbocycles. The number of nitrogens with zero attached hydrogens (tertiary/aromatic N) is 3. The number of methoxy groups -OCH3 is 2. The quantitative estimate of drug-likeness (QED) is 0.924. The highest BCUT2D eigenvalue weighted by atomic mass is 79.9. The highest BCUT2D eigenvalue weighted by molar-refractivity contribution is 9.10. The third-order valence-electron chi connectivity index (χ3n) is 2.85. The van der Waals surface area contributed by atoms with Crippen LogP contribution < -0.4 is 15.2 Å². The lowest BCUT2D eigenvalue weighted by molar-refractivity contribution is 0.393. The molecule has 0 bridgehead atoms. The summed E-state index contributed by atoms with van der Waals surface area (Å²) in [6.45, 7) is 0. The van der Waals surface area contributed by atoms with Crippen molar-refractivity contribution in [3.05, 3.63) is 34.1 Å². The maximum absolute atomic E-state index is 6.27. The van der Waals surface area contributed by atoms with Gasteiger partial charge in [-0.15, -0.1) is 5.10 Å². The molecule has 2 aromatic rings. The number of rotatable bonds is 4. The molecule has 1 aromatic carbocycles. The summed E-state index contributed by atoms with van der Waals surface area (Å²) in [5.74, 6) is 1.38. The minimum absolute atomic E-state index is 0.377. The molecular formula is C12H15BrN4O2. The first kappa shape index (κ1) is 13.8. The van der Waals surface area contributed by atoms with Gasteiger partial charge in [-0.1, -0.05) is 5.21 Å². The van der Waals surface area contributed by atoms with Gasteiger partial charge in [-0.05, 0) is 33.6 Å². The normalized spacial score (nSPS) is 12.3. The van der Waals surface area contributed by atoms with Gasteiger partial charge < -0.3 is 15.2 Å². The first-order valence-electron chi connectivity index (χ1n) is 5.60.